The largest absolute Gasteiger partial charge is 0.467 e. The number of hydrogen-bond acceptors (Lipinski definition) is 4. The zero-order valence-electron chi connectivity index (χ0n) is 12.0. The fourth-order valence-electron chi connectivity index (χ4n) is 2.23. The molecular weight excluding hydrogens is 287 g/mol. The molecule has 1 unspecified atom stereocenters. The van der Waals surface area contributed by atoms with Gasteiger partial charge in [-0.05, 0) is 36.8 Å². The molecule has 0 aliphatic carbocycles. The molecule has 5 nitrogen and oxygen atoms in total. The van der Waals surface area contributed by atoms with Crippen LogP contribution in [0.25, 0.3) is 0 Å². The molecule has 2 aromatic rings. The van der Waals surface area contributed by atoms with Crippen molar-refractivity contribution in [3.8, 4) is 0 Å². The monoisotopic (exact) mass is 302 g/mol. The van der Waals surface area contributed by atoms with Gasteiger partial charge < -0.3 is 14.6 Å². The lowest BCUT2D eigenvalue weighted by Gasteiger charge is -2.20. The van der Waals surface area contributed by atoms with Crippen LogP contribution < -0.4 is 5.32 Å². The SMILES string of the molecule is CC1(C(=O)NCc2ccco2)CC(c2ccc(F)cc2)=NO1. The molecule has 1 atom stereocenters. The van der Waals surface area contributed by atoms with E-state index >= 15 is 0 Å². The third-order valence-electron chi connectivity index (χ3n) is 3.52. The van der Waals surface area contributed by atoms with E-state index in [1.54, 1.807) is 37.5 Å². The summed E-state index contributed by atoms with van der Waals surface area (Å²) in [6, 6.07) is 9.46. The lowest BCUT2D eigenvalue weighted by molar-refractivity contribution is -0.141. The molecule has 1 aliphatic heterocycles. The van der Waals surface area contributed by atoms with Gasteiger partial charge in [-0.1, -0.05) is 17.3 Å². The van der Waals surface area contributed by atoms with Crippen molar-refractivity contribution in [2.75, 3.05) is 0 Å². The van der Waals surface area contributed by atoms with Crippen LogP contribution in [0.3, 0.4) is 0 Å². The van der Waals surface area contributed by atoms with Crippen molar-refractivity contribution in [1.29, 1.82) is 0 Å². The zero-order valence-corrected chi connectivity index (χ0v) is 12.0. The number of halogens is 1. The van der Waals surface area contributed by atoms with Gasteiger partial charge in [0.25, 0.3) is 5.91 Å². The highest BCUT2D eigenvalue weighted by molar-refractivity contribution is 6.05. The average molecular weight is 302 g/mol. The highest BCUT2D eigenvalue weighted by atomic mass is 19.1. The minimum Gasteiger partial charge on any atom is -0.467 e. The number of oxime groups is 1. The molecular formula is C16H15FN2O3. The van der Waals surface area contributed by atoms with Gasteiger partial charge in [-0.3, -0.25) is 4.79 Å². The van der Waals surface area contributed by atoms with Crippen LogP contribution in [0.1, 0.15) is 24.7 Å². The number of hydrogen-bond donors (Lipinski definition) is 1. The first kappa shape index (κ1) is 14.3. The molecule has 0 fully saturated rings. The molecule has 1 N–H and O–H groups in total. The highest BCUT2D eigenvalue weighted by Gasteiger charge is 2.42. The topological polar surface area (TPSA) is 63.8 Å². The Hall–Kier alpha value is -2.63. The van der Waals surface area contributed by atoms with Crippen molar-refractivity contribution in [2.24, 2.45) is 5.16 Å². The van der Waals surface area contributed by atoms with E-state index in [0.29, 0.717) is 17.9 Å². The second-order valence-electron chi connectivity index (χ2n) is 5.31. The number of nitrogens with one attached hydrogen (secondary N) is 1. The van der Waals surface area contributed by atoms with E-state index in [1.807, 2.05) is 0 Å². The van der Waals surface area contributed by atoms with E-state index in [1.165, 1.54) is 12.1 Å². The molecule has 1 aromatic heterocycles. The number of carbonyl (C=O) groups is 1. The highest BCUT2D eigenvalue weighted by Crippen LogP contribution is 2.27. The maximum absolute atomic E-state index is 12.9. The first-order chi connectivity index (χ1) is 10.6. The number of benzene rings is 1. The second kappa shape index (κ2) is 5.63. The smallest absolute Gasteiger partial charge is 0.267 e. The maximum Gasteiger partial charge on any atom is 0.267 e. The van der Waals surface area contributed by atoms with Crippen LogP contribution >= 0.6 is 0 Å². The van der Waals surface area contributed by atoms with E-state index in [4.69, 9.17) is 9.25 Å². The number of amides is 1. The molecule has 1 amide bonds. The Labute approximate surface area is 126 Å². The summed E-state index contributed by atoms with van der Waals surface area (Å²) in [5.74, 6) is 0.0709. The first-order valence-corrected chi connectivity index (χ1v) is 6.88. The summed E-state index contributed by atoms with van der Waals surface area (Å²) >= 11 is 0. The zero-order chi connectivity index (χ0) is 15.6. The Kier molecular flexibility index (Phi) is 3.66. The molecule has 0 spiro atoms. The van der Waals surface area contributed by atoms with Crippen molar-refractivity contribution in [3.05, 3.63) is 59.8 Å². The number of nitrogens with zero attached hydrogens (tertiary/aromatic N) is 1. The van der Waals surface area contributed by atoms with Gasteiger partial charge in [0.15, 0.2) is 0 Å². The predicted octanol–water partition coefficient (Wildman–Crippen LogP) is 2.62. The van der Waals surface area contributed by atoms with Crippen molar-refractivity contribution in [2.45, 2.75) is 25.5 Å². The van der Waals surface area contributed by atoms with Crippen LogP contribution in [0.5, 0.6) is 0 Å². The normalized spacial score (nSPS) is 20.4. The van der Waals surface area contributed by atoms with Gasteiger partial charge in [0.05, 0.1) is 18.5 Å². The van der Waals surface area contributed by atoms with Crippen LogP contribution in [0.4, 0.5) is 4.39 Å². The fraction of sp³-hybridized carbons (Fsp3) is 0.250. The average Bonchev–Trinajstić information content (AvgIpc) is 3.16. The van der Waals surface area contributed by atoms with E-state index in [9.17, 15) is 9.18 Å². The Bertz CT molecular complexity index is 695. The molecule has 2 heterocycles. The third-order valence-corrected chi connectivity index (χ3v) is 3.52. The van der Waals surface area contributed by atoms with Crippen LogP contribution in [0.2, 0.25) is 0 Å². The molecule has 1 aliphatic rings. The van der Waals surface area contributed by atoms with Gasteiger partial charge in [-0.15, -0.1) is 0 Å². The number of rotatable bonds is 4. The molecule has 0 radical (unpaired) electrons. The summed E-state index contributed by atoms with van der Waals surface area (Å²) in [6.45, 7) is 1.96. The Morgan fingerprint density at radius 3 is 2.82 bits per heavy atom. The summed E-state index contributed by atoms with van der Waals surface area (Å²) < 4.78 is 18.1. The lowest BCUT2D eigenvalue weighted by Crippen LogP contribution is -2.44. The van der Waals surface area contributed by atoms with Gasteiger partial charge in [0.2, 0.25) is 5.60 Å². The quantitative estimate of drug-likeness (QED) is 0.944. The van der Waals surface area contributed by atoms with Crippen LogP contribution in [0.15, 0.2) is 52.2 Å². The van der Waals surface area contributed by atoms with Gasteiger partial charge in [-0.25, -0.2) is 4.39 Å². The van der Waals surface area contributed by atoms with Crippen LogP contribution in [-0.2, 0) is 16.2 Å². The fourth-order valence-corrected chi connectivity index (χ4v) is 2.23. The third kappa shape index (κ3) is 2.86. The minimum atomic E-state index is -1.07. The van der Waals surface area contributed by atoms with Crippen molar-refractivity contribution >= 4 is 11.6 Å². The number of carbonyl (C=O) groups excluding carboxylic acids is 1. The molecule has 0 saturated carbocycles. The van der Waals surface area contributed by atoms with Gasteiger partial charge in [-0.2, -0.15) is 0 Å². The minimum absolute atomic E-state index is 0.273. The van der Waals surface area contributed by atoms with Gasteiger partial charge in [0.1, 0.15) is 11.6 Å². The van der Waals surface area contributed by atoms with Crippen molar-refractivity contribution in [3.63, 3.8) is 0 Å². The number of furan rings is 1. The van der Waals surface area contributed by atoms with E-state index in [0.717, 1.165) is 5.56 Å². The molecule has 0 bridgehead atoms. The second-order valence-corrected chi connectivity index (χ2v) is 5.31. The summed E-state index contributed by atoms with van der Waals surface area (Å²) in [4.78, 5) is 17.6. The van der Waals surface area contributed by atoms with Crippen LogP contribution in [0, 0.1) is 5.82 Å². The molecule has 22 heavy (non-hydrogen) atoms. The Morgan fingerprint density at radius 1 is 1.36 bits per heavy atom. The van der Waals surface area contributed by atoms with E-state index < -0.39 is 5.60 Å². The summed E-state index contributed by atoms with van der Waals surface area (Å²) in [6.07, 6.45) is 1.87. The van der Waals surface area contributed by atoms with Gasteiger partial charge in [0, 0.05) is 6.42 Å². The molecule has 0 saturated heterocycles. The maximum atomic E-state index is 12.9. The summed E-state index contributed by atoms with van der Waals surface area (Å²) in [7, 11) is 0. The van der Waals surface area contributed by atoms with Gasteiger partial charge >= 0.3 is 0 Å². The van der Waals surface area contributed by atoms with Crippen molar-refractivity contribution in [1.82, 2.24) is 5.32 Å². The van der Waals surface area contributed by atoms with E-state index in [-0.39, 0.29) is 18.3 Å². The van der Waals surface area contributed by atoms with Crippen LogP contribution in [-0.4, -0.2) is 17.2 Å². The lowest BCUT2D eigenvalue weighted by atomic mass is 9.95. The van der Waals surface area contributed by atoms with E-state index in [2.05, 4.69) is 10.5 Å². The molecule has 1 aromatic carbocycles. The molecule has 6 heteroatoms. The Balaban J connectivity index is 1.63. The summed E-state index contributed by atoms with van der Waals surface area (Å²) in [5.41, 5.74) is 0.288. The standard InChI is InChI=1S/C16H15FN2O3/c1-16(15(20)18-10-13-3-2-8-21-13)9-14(19-22-16)11-4-6-12(17)7-5-11/h2-8H,9-10H2,1H3,(H,18,20). The first-order valence-electron chi connectivity index (χ1n) is 6.88. The van der Waals surface area contributed by atoms with Crippen molar-refractivity contribution < 1.29 is 18.4 Å². The molecule has 3 rings (SSSR count). The summed E-state index contributed by atoms with van der Waals surface area (Å²) in [5, 5.41) is 6.72. The molecule has 114 valence electrons. The predicted molar refractivity (Wildman–Crippen MR) is 77.6 cm³/mol. The Morgan fingerprint density at radius 2 is 2.14 bits per heavy atom.